The maximum Gasteiger partial charge on any atom is 0.305 e. The molecule has 1 saturated heterocycles. The molecule has 0 spiro atoms. The molecule has 1 aliphatic rings. The minimum atomic E-state index is -1.07. The molecule has 0 aliphatic carbocycles. The number of ether oxygens (including phenoxy) is 2. The molecule has 3 rings (SSSR count). The van der Waals surface area contributed by atoms with Crippen LogP contribution in [0.1, 0.15) is 17.5 Å². The number of hydrogen-bond acceptors (Lipinski definition) is 8. The molecule has 3 N–H and O–H groups in total. The van der Waals surface area contributed by atoms with E-state index in [4.69, 9.17) is 14.6 Å². The minimum Gasteiger partial charge on any atom is -0.493 e. The highest BCUT2D eigenvalue weighted by atomic mass is 79.9. The van der Waals surface area contributed by atoms with E-state index in [0.717, 1.165) is 17.3 Å². The lowest BCUT2D eigenvalue weighted by atomic mass is 10.2. The van der Waals surface area contributed by atoms with E-state index in [1.165, 1.54) is 13.3 Å². The van der Waals surface area contributed by atoms with Crippen LogP contribution in [0.3, 0.4) is 0 Å². The zero-order valence-electron chi connectivity index (χ0n) is 18.2. The average Bonchev–Trinajstić information content (AvgIpc) is 3.13. The summed E-state index contributed by atoms with van der Waals surface area (Å²) >= 11 is 4.43. The Morgan fingerprint density at radius 1 is 1.26 bits per heavy atom. The van der Waals surface area contributed by atoms with Crippen molar-refractivity contribution >= 4 is 62.5 Å². The van der Waals surface area contributed by atoms with Crippen molar-refractivity contribution in [3.63, 3.8) is 0 Å². The summed E-state index contributed by atoms with van der Waals surface area (Å²) < 4.78 is 11.6. The summed E-state index contributed by atoms with van der Waals surface area (Å²) in [5.41, 5.74) is 2.37. The summed E-state index contributed by atoms with van der Waals surface area (Å²) in [4.78, 5) is 34.8. The van der Waals surface area contributed by atoms with E-state index < -0.39 is 17.1 Å². The number of nitrogens with zero attached hydrogens (tertiary/aromatic N) is 2. The van der Waals surface area contributed by atoms with Gasteiger partial charge in [0.15, 0.2) is 23.3 Å². The number of nitrogens with one attached hydrogen (secondary N) is 2. The molecule has 2 aromatic carbocycles. The zero-order chi connectivity index (χ0) is 24.7. The number of carbonyl (C=O) groups is 3. The first-order chi connectivity index (χ1) is 16.2. The molecule has 2 amide bonds. The second kappa shape index (κ2) is 11.7. The van der Waals surface area contributed by atoms with Gasteiger partial charge in [-0.25, -0.2) is 0 Å². The molecule has 1 fully saturated rings. The van der Waals surface area contributed by atoms with E-state index in [-0.39, 0.29) is 24.1 Å². The Labute approximate surface area is 207 Å². The smallest absolute Gasteiger partial charge is 0.305 e. The first-order valence-electron chi connectivity index (χ1n) is 9.92. The Balaban J connectivity index is 1.62. The number of aliphatic carboxylic acids is 1. The van der Waals surface area contributed by atoms with Crippen LogP contribution in [-0.2, 0) is 14.4 Å². The summed E-state index contributed by atoms with van der Waals surface area (Å²) in [5.74, 6) is -1.07. The molecule has 34 heavy (non-hydrogen) atoms. The number of thioether (sulfide) groups is 1. The second-order valence-corrected chi connectivity index (χ2v) is 9.12. The summed E-state index contributed by atoms with van der Waals surface area (Å²) in [5, 5.41) is 21.4. The fraction of sp³-hybridized carbons (Fsp3) is 0.227. The summed E-state index contributed by atoms with van der Waals surface area (Å²) in [6.07, 6.45) is 1.14. The van der Waals surface area contributed by atoms with Gasteiger partial charge >= 0.3 is 5.97 Å². The maximum atomic E-state index is 12.2. The Bertz CT molecular complexity index is 1150. The zero-order valence-corrected chi connectivity index (χ0v) is 20.6. The number of carboxylic acids is 1. The largest absolute Gasteiger partial charge is 0.493 e. The lowest BCUT2D eigenvalue weighted by molar-refractivity contribution is -0.138. The van der Waals surface area contributed by atoms with Crippen LogP contribution >= 0.6 is 27.7 Å². The van der Waals surface area contributed by atoms with Crippen LogP contribution in [0.25, 0.3) is 0 Å². The molecule has 1 atom stereocenters. The fourth-order valence-corrected chi connectivity index (χ4v) is 4.13. The first-order valence-corrected chi connectivity index (χ1v) is 11.6. The molecule has 0 radical (unpaired) electrons. The van der Waals surface area contributed by atoms with Gasteiger partial charge in [-0.3, -0.25) is 14.4 Å². The number of carbonyl (C=O) groups excluding carboxylic acids is 2. The standard InChI is InChI=1S/C22H21BrN4O6S/c1-12-3-5-14(6-4-12)25-19(28)11-33-17-8-15(23)13(7-16(17)32-2)10-24-27-22-26-21(31)18(34-22)9-20(29)30/h3-8,10,18H,9,11H2,1-2H3,(H,25,28)(H,29,30)(H,26,27,31). The molecule has 2 aromatic rings. The topological polar surface area (TPSA) is 139 Å². The number of anilines is 1. The molecule has 1 aliphatic heterocycles. The predicted molar refractivity (Wildman–Crippen MR) is 133 cm³/mol. The van der Waals surface area contributed by atoms with Crippen LogP contribution in [0.5, 0.6) is 11.5 Å². The van der Waals surface area contributed by atoms with Gasteiger partial charge < -0.3 is 25.2 Å². The normalized spacial score (nSPS) is 16.5. The van der Waals surface area contributed by atoms with Crippen molar-refractivity contribution < 1.29 is 29.0 Å². The number of aryl methyl sites for hydroxylation is 1. The van der Waals surface area contributed by atoms with Gasteiger partial charge in [0, 0.05) is 15.7 Å². The Hall–Kier alpha value is -3.38. The van der Waals surface area contributed by atoms with Crippen molar-refractivity contribution in [3.8, 4) is 11.5 Å². The van der Waals surface area contributed by atoms with E-state index in [9.17, 15) is 14.4 Å². The van der Waals surface area contributed by atoms with Crippen molar-refractivity contribution in [2.75, 3.05) is 19.0 Å². The third kappa shape index (κ3) is 7.06. The van der Waals surface area contributed by atoms with Crippen LogP contribution in [0.15, 0.2) is 51.1 Å². The number of benzene rings is 2. The van der Waals surface area contributed by atoms with Crippen LogP contribution < -0.4 is 20.1 Å². The van der Waals surface area contributed by atoms with Gasteiger partial charge in [-0.1, -0.05) is 29.5 Å². The van der Waals surface area contributed by atoms with Crippen molar-refractivity contribution in [2.24, 2.45) is 10.2 Å². The fourth-order valence-electron chi connectivity index (χ4n) is 2.79. The molecule has 1 unspecified atom stereocenters. The van der Waals surface area contributed by atoms with Crippen LogP contribution in [0.2, 0.25) is 0 Å². The van der Waals surface area contributed by atoms with E-state index in [0.29, 0.717) is 27.2 Å². The molecule has 0 saturated carbocycles. The lowest BCUT2D eigenvalue weighted by Gasteiger charge is -2.12. The van der Waals surface area contributed by atoms with Gasteiger partial charge in [-0.05, 0) is 47.1 Å². The molecular formula is C22H21BrN4O6S. The summed E-state index contributed by atoms with van der Waals surface area (Å²) in [6.45, 7) is 1.75. The quantitative estimate of drug-likeness (QED) is 0.323. The van der Waals surface area contributed by atoms with Crippen molar-refractivity contribution in [1.82, 2.24) is 5.32 Å². The summed E-state index contributed by atoms with van der Waals surface area (Å²) in [7, 11) is 1.47. The van der Waals surface area contributed by atoms with E-state index in [1.54, 1.807) is 12.1 Å². The first kappa shape index (κ1) is 25.2. The number of hydrogen-bond donors (Lipinski definition) is 3. The molecule has 10 nitrogen and oxygen atoms in total. The molecule has 0 bridgehead atoms. The van der Waals surface area contributed by atoms with Gasteiger partial charge in [-0.2, -0.15) is 5.10 Å². The molecule has 1 heterocycles. The Morgan fingerprint density at radius 3 is 2.68 bits per heavy atom. The van der Waals surface area contributed by atoms with Crippen LogP contribution in [0, 0.1) is 6.92 Å². The molecule has 178 valence electrons. The average molecular weight is 549 g/mol. The highest BCUT2D eigenvalue weighted by Gasteiger charge is 2.32. The van der Waals surface area contributed by atoms with Crippen LogP contribution in [-0.4, -0.2) is 53.2 Å². The predicted octanol–water partition coefficient (Wildman–Crippen LogP) is 3.18. The molecule has 0 aromatic heterocycles. The van der Waals surface area contributed by atoms with Gasteiger partial charge in [0.25, 0.3) is 5.91 Å². The highest BCUT2D eigenvalue weighted by Crippen LogP contribution is 2.33. The number of methoxy groups -OCH3 is 1. The van der Waals surface area contributed by atoms with Gasteiger partial charge in [0.05, 0.1) is 19.7 Å². The van der Waals surface area contributed by atoms with Crippen LogP contribution in [0.4, 0.5) is 5.69 Å². The third-order valence-corrected chi connectivity index (χ3v) is 6.22. The Kier molecular flexibility index (Phi) is 8.66. The van der Waals surface area contributed by atoms with Crippen molar-refractivity contribution in [2.45, 2.75) is 18.6 Å². The van der Waals surface area contributed by atoms with Gasteiger partial charge in [0.1, 0.15) is 5.25 Å². The number of carboxylic acid groups (broad SMARTS) is 1. The minimum absolute atomic E-state index is 0.216. The van der Waals surface area contributed by atoms with Gasteiger partial charge in [0.2, 0.25) is 5.91 Å². The number of rotatable bonds is 9. The summed E-state index contributed by atoms with van der Waals surface area (Å²) in [6, 6.07) is 10.7. The number of amidine groups is 1. The number of halogens is 1. The van der Waals surface area contributed by atoms with Gasteiger partial charge in [-0.15, -0.1) is 5.10 Å². The molecular weight excluding hydrogens is 528 g/mol. The number of amides is 2. The third-order valence-electron chi connectivity index (χ3n) is 4.46. The monoisotopic (exact) mass is 548 g/mol. The lowest BCUT2D eigenvalue weighted by Crippen LogP contribution is -2.26. The SMILES string of the molecule is COc1cc(C=NN=C2NC(=O)C(CC(=O)O)S2)c(Br)cc1OCC(=O)Nc1ccc(C)cc1. The van der Waals surface area contributed by atoms with E-state index in [2.05, 4.69) is 36.8 Å². The van der Waals surface area contributed by atoms with E-state index in [1.807, 2.05) is 31.2 Å². The highest BCUT2D eigenvalue weighted by molar-refractivity contribution is 9.10. The maximum absolute atomic E-state index is 12.2. The second-order valence-electron chi connectivity index (χ2n) is 7.07. The van der Waals surface area contributed by atoms with E-state index >= 15 is 0 Å². The molecule has 12 heteroatoms. The van der Waals surface area contributed by atoms with Crippen molar-refractivity contribution in [3.05, 3.63) is 52.0 Å². The Morgan fingerprint density at radius 2 is 2.00 bits per heavy atom. The van der Waals surface area contributed by atoms with Crippen molar-refractivity contribution in [1.29, 1.82) is 0 Å².